The van der Waals surface area contributed by atoms with Crippen LogP contribution in [0, 0.1) is 6.92 Å². The van der Waals surface area contributed by atoms with Crippen molar-refractivity contribution in [3.05, 3.63) is 35.4 Å². The van der Waals surface area contributed by atoms with Crippen LogP contribution in [0.25, 0.3) is 0 Å². The molecule has 1 aromatic carbocycles. The summed E-state index contributed by atoms with van der Waals surface area (Å²) in [4.78, 5) is 14.7. The molecule has 3 heteroatoms. The van der Waals surface area contributed by atoms with Gasteiger partial charge in [0.2, 0.25) is 5.91 Å². The van der Waals surface area contributed by atoms with Gasteiger partial charge in [-0.15, -0.1) is 0 Å². The standard InChI is InChI=1S/C17H26N2O/c1-5-17(11-6-12-18-17)16(20)19(4)14(3)15-9-7-13(2)8-10-15/h7-10,14,18H,5-6,11-12H2,1-4H3. The lowest BCUT2D eigenvalue weighted by atomic mass is 9.91. The number of nitrogens with one attached hydrogen (secondary N) is 1. The van der Waals surface area contributed by atoms with Crippen LogP contribution in [0.4, 0.5) is 0 Å². The van der Waals surface area contributed by atoms with E-state index < -0.39 is 0 Å². The van der Waals surface area contributed by atoms with Crippen LogP contribution in [-0.2, 0) is 4.79 Å². The minimum atomic E-state index is -0.340. The molecule has 20 heavy (non-hydrogen) atoms. The van der Waals surface area contributed by atoms with Crippen molar-refractivity contribution >= 4 is 5.91 Å². The highest BCUT2D eigenvalue weighted by Crippen LogP contribution is 2.29. The summed E-state index contributed by atoms with van der Waals surface area (Å²) in [6.07, 6.45) is 2.90. The monoisotopic (exact) mass is 274 g/mol. The van der Waals surface area contributed by atoms with Crippen molar-refractivity contribution in [1.82, 2.24) is 10.2 Å². The molecule has 0 radical (unpaired) electrons. The van der Waals surface area contributed by atoms with Crippen molar-refractivity contribution < 1.29 is 4.79 Å². The third-order valence-electron chi connectivity index (χ3n) is 4.72. The van der Waals surface area contributed by atoms with Crippen LogP contribution >= 0.6 is 0 Å². The molecule has 0 bridgehead atoms. The van der Waals surface area contributed by atoms with E-state index in [1.165, 1.54) is 11.1 Å². The molecule has 1 aliphatic rings. The van der Waals surface area contributed by atoms with Gasteiger partial charge in [-0.05, 0) is 45.2 Å². The Kier molecular flexibility index (Phi) is 4.48. The molecule has 1 heterocycles. The van der Waals surface area contributed by atoms with E-state index in [1.807, 2.05) is 11.9 Å². The number of benzene rings is 1. The van der Waals surface area contributed by atoms with E-state index >= 15 is 0 Å². The molecule has 1 fully saturated rings. The zero-order chi connectivity index (χ0) is 14.8. The summed E-state index contributed by atoms with van der Waals surface area (Å²) >= 11 is 0. The molecule has 2 unspecified atom stereocenters. The summed E-state index contributed by atoms with van der Waals surface area (Å²) in [5.74, 6) is 0.227. The number of rotatable bonds is 4. The van der Waals surface area contributed by atoms with E-state index in [4.69, 9.17) is 0 Å². The highest BCUT2D eigenvalue weighted by molar-refractivity contribution is 5.86. The summed E-state index contributed by atoms with van der Waals surface area (Å²) in [6.45, 7) is 7.23. The molecule has 1 aromatic rings. The number of likely N-dealkylation sites (N-methyl/N-ethyl adjacent to an activating group) is 1. The minimum absolute atomic E-state index is 0.105. The fourth-order valence-corrected chi connectivity index (χ4v) is 3.02. The highest BCUT2D eigenvalue weighted by atomic mass is 16.2. The van der Waals surface area contributed by atoms with Crippen molar-refractivity contribution in [2.45, 2.75) is 51.6 Å². The Morgan fingerprint density at radius 2 is 2.05 bits per heavy atom. The van der Waals surface area contributed by atoms with Crippen molar-refractivity contribution in [2.24, 2.45) is 0 Å². The first-order chi connectivity index (χ1) is 9.50. The van der Waals surface area contributed by atoms with E-state index in [-0.39, 0.29) is 17.5 Å². The summed E-state index contributed by atoms with van der Waals surface area (Å²) in [5.41, 5.74) is 2.10. The van der Waals surface area contributed by atoms with Crippen molar-refractivity contribution in [3.63, 3.8) is 0 Å². The smallest absolute Gasteiger partial charge is 0.243 e. The Bertz CT molecular complexity index is 460. The molecule has 2 atom stereocenters. The zero-order valence-corrected chi connectivity index (χ0v) is 13.1. The van der Waals surface area contributed by atoms with Gasteiger partial charge in [0.1, 0.15) is 0 Å². The maximum Gasteiger partial charge on any atom is 0.243 e. The first kappa shape index (κ1) is 15.0. The van der Waals surface area contributed by atoms with Crippen molar-refractivity contribution in [2.75, 3.05) is 13.6 Å². The molecule has 0 saturated carbocycles. The van der Waals surface area contributed by atoms with E-state index in [1.54, 1.807) is 0 Å². The molecular formula is C17H26N2O. The fraction of sp³-hybridized carbons (Fsp3) is 0.588. The lowest BCUT2D eigenvalue weighted by Gasteiger charge is -2.35. The first-order valence-electron chi connectivity index (χ1n) is 7.59. The van der Waals surface area contributed by atoms with E-state index in [0.717, 1.165) is 25.8 Å². The second-order valence-corrected chi connectivity index (χ2v) is 5.97. The van der Waals surface area contributed by atoms with Gasteiger partial charge in [0.15, 0.2) is 0 Å². The first-order valence-corrected chi connectivity index (χ1v) is 7.59. The maximum absolute atomic E-state index is 12.8. The van der Waals surface area contributed by atoms with E-state index in [0.29, 0.717) is 0 Å². The molecule has 1 amide bonds. The van der Waals surface area contributed by atoms with Crippen LogP contribution in [0.3, 0.4) is 0 Å². The van der Waals surface area contributed by atoms with E-state index in [9.17, 15) is 4.79 Å². The number of carbonyl (C=O) groups is 1. The molecule has 3 nitrogen and oxygen atoms in total. The molecule has 0 spiro atoms. The highest BCUT2D eigenvalue weighted by Gasteiger charge is 2.41. The number of hydrogen-bond donors (Lipinski definition) is 1. The lowest BCUT2D eigenvalue weighted by molar-refractivity contribution is -0.138. The molecule has 0 aromatic heterocycles. The Balaban J connectivity index is 2.15. The molecule has 1 N–H and O–H groups in total. The van der Waals surface area contributed by atoms with Crippen molar-refractivity contribution in [1.29, 1.82) is 0 Å². The van der Waals surface area contributed by atoms with Crippen LogP contribution in [-0.4, -0.2) is 29.9 Å². The lowest BCUT2D eigenvalue weighted by Crippen LogP contribution is -2.53. The van der Waals surface area contributed by atoms with Gasteiger partial charge in [-0.2, -0.15) is 0 Å². The Morgan fingerprint density at radius 1 is 1.40 bits per heavy atom. The predicted molar refractivity (Wildman–Crippen MR) is 82.6 cm³/mol. The normalized spacial score (nSPS) is 23.6. The van der Waals surface area contributed by atoms with Gasteiger partial charge in [0.05, 0.1) is 11.6 Å². The molecule has 110 valence electrons. The average molecular weight is 274 g/mol. The van der Waals surface area contributed by atoms with Crippen LogP contribution in [0.2, 0.25) is 0 Å². The van der Waals surface area contributed by atoms with Gasteiger partial charge in [-0.1, -0.05) is 36.8 Å². The van der Waals surface area contributed by atoms with Crippen molar-refractivity contribution in [3.8, 4) is 0 Å². The topological polar surface area (TPSA) is 32.3 Å². The number of hydrogen-bond acceptors (Lipinski definition) is 2. The SMILES string of the molecule is CCC1(C(=O)N(C)C(C)c2ccc(C)cc2)CCCN1. The Morgan fingerprint density at radius 3 is 2.55 bits per heavy atom. The quantitative estimate of drug-likeness (QED) is 0.915. The molecular weight excluding hydrogens is 248 g/mol. The largest absolute Gasteiger partial charge is 0.337 e. The van der Waals surface area contributed by atoms with Crippen LogP contribution < -0.4 is 5.32 Å². The molecule has 1 saturated heterocycles. The zero-order valence-electron chi connectivity index (χ0n) is 13.1. The predicted octanol–water partition coefficient (Wildman–Crippen LogP) is 3.05. The van der Waals surface area contributed by atoms with Gasteiger partial charge < -0.3 is 10.2 Å². The van der Waals surface area contributed by atoms with E-state index in [2.05, 4.69) is 50.4 Å². The fourth-order valence-electron chi connectivity index (χ4n) is 3.02. The number of amides is 1. The maximum atomic E-state index is 12.8. The van der Waals surface area contributed by atoms with Crippen LogP contribution in [0.5, 0.6) is 0 Å². The Labute approximate surface area is 122 Å². The molecule has 2 rings (SSSR count). The average Bonchev–Trinajstić information content (AvgIpc) is 2.96. The summed E-state index contributed by atoms with van der Waals surface area (Å²) in [5, 5.41) is 3.42. The minimum Gasteiger partial charge on any atom is -0.337 e. The van der Waals surface area contributed by atoms with Crippen LogP contribution in [0.1, 0.15) is 50.3 Å². The second kappa shape index (κ2) is 5.96. The third kappa shape index (κ3) is 2.73. The number of nitrogens with zero attached hydrogens (tertiary/aromatic N) is 1. The van der Waals surface area contributed by atoms with Gasteiger partial charge >= 0.3 is 0 Å². The number of aryl methyl sites for hydroxylation is 1. The van der Waals surface area contributed by atoms with Gasteiger partial charge in [0.25, 0.3) is 0 Å². The second-order valence-electron chi connectivity index (χ2n) is 5.97. The molecule has 0 aliphatic carbocycles. The van der Waals surface area contributed by atoms with Gasteiger partial charge in [-0.3, -0.25) is 4.79 Å². The summed E-state index contributed by atoms with van der Waals surface area (Å²) in [6, 6.07) is 8.55. The third-order valence-corrected chi connectivity index (χ3v) is 4.72. The van der Waals surface area contributed by atoms with Gasteiger partial charge in [0, 0.05) is 7.05 Å². The van der Waals surface area contributed by atoms with Gasteiger partial charge in [-0.25, -0.2) is 0 Å². The molecule has 1 aliphatic heterocycles. The summed E-state index contributed by atoms with van der Waals surface area (Å²) < 4.78 is 0. The summed E-state index contributed by atoms with van der Waals surface area (Å²) in [7, 11) is 1.92. The number of carbonyl (C=O) groups excluding carboxylic acids is 1. The Hall–Kier alpha value is -1.35. The van der Waals surface area contributed by atoms with Crippen LogP contribution in [0.15, 0.2) is 24.3 Å².